The molecule has 2 N–H and O–H groups in total. The van der Waals surface area contributed by atoms with E-state index in [-0.39, 0.29) is 6.54 Å². The lowest BCUT2D eigenvalue weighted by Gasteiger charge is -2.13. The first-order valence-corrected chi connectivity index (χ1v) is 10.4. The van der Waals surface area contributed by atoms with Crippen molar-refractivity contribution in [1.82, 2.24) is 10.3 Å². The molecule has 0 radical (unpaired) electrons. The van der Waals surface area contributed by atoms with Crippen LogP contribution in [0.15, 0.2) is 42.5 Å². The number of rotatable bonds is 8. The van der Waals surface area contributed by atoms with Crippen molar-refractivity contribution in [2.45, 2.75) is 19.4 Å². The van der Waals surface area contributed by atoms with Gasteiger partial charge in [-0.1, -0.05) is 12.1 Å². The minimum absolute atomic E-state index is 0.138. The molecule has 2 aromatic carbocycles. The summed E-state index contributed by atoms with van der Waals surface area (Å²) in [4.78, 5) is 17.5. The number of hydrogen-bond acceptors (Lipinski definition) is 7. The van der Waals surface area contributed by atoms with Gasteiger partial charge in [-0.2, -0.15) is 0 Å². The number of ether oxygens (including phenoxy) is 3. The first-order valence-electron chi connectivity index (χ1n) is 9.63. The van der Waals surface area contributed by atoms with Gasteiger partial charge >= 0.3 is 6.36 Å². The molecule has 1 unspecified atom stereocenters. The van der Waals surface area contributed by atoms with Gasteiger partial charge in [0.05, 0.1) is 26.0 Å². The Morgan fingerprint density at radius 1 is 1.12 bits per heavy atom. The Labute approximate surface area is 191 Å². The molecule has 1 aromatic heterocycles. The number of carbonyl (C=O) groups excluding carboxylic acids is 1. The minimum atomic E-state index is -4.80. The van der Waals surface area contributed by atoms with E-state index in [1.165, 1.54) is 37.7 Å². The number of amides is 1. The number of benzene rings is 2. The summed E-state index contributed by atoms with van der Waals surface area (Å²) in [6, 6.07) is 10.1. The van der Waals surface area contributed by atoms with Crippen LogP contribution in [0.1, 0.15) is 27.0 Å². The second kappa shape index (κ2) is 10.1. The van der Waals surface area contributed by atoms with E-state index in [0.717, 1.165) is 17.7 Å². The number of alkyl halides is 3. The number of methoxy groups -OCH3 is 2. The summed E-state index contributed by atoms with van der Waals surface area (Å²) in [6.45, 7) is 1.56. The summed E-state index contributed by atoms with van der Waals surface area (Å²) in [7, 11) is 3.06. The molecule has 0 aliphatic rings. The molecule has 3 rings (SSSR count). The predicted octanol–water partition coefficient (Wildman–Crippen LogP) is 4.50. The lowest BCUT2D eigenvalue weighted by atomic mass is 10.1. The Balaban J connectivity index is 1.66. The summed E-state index contributed by atoms with van der Waals surface area (Å²) in [5.41, 5.74) is 1.60. The number of aliphatic hydroxyl groups is 1. The SMILES string of the molecule is COc1ccc(-c2nc(C)c(C(=O)NCC(O)c3ccc(OC(F)(F)F)cc3)s2)cc1OC. The fourth-order valence-corrected chi connectivity index (χ4v) is 3.96. The van der Waals surface area contributed by atoms with Crippen LogP contribution in [0.4, 0.5) is 13.2 Å². The molecule has 1 heterocycles. The second-order valence-electron chi connectivity index (χ2n) is 6.85. The zero-order chi connectivity index (χ0) is 24.2. The van der Waals surface area contributed by atoms with Gasteiger partial charge < -0.3 is 24.6 Å². The number of thiazole rings is 1. The monoisotopic (exact) mass is 482 g/mol. The van der Waals surface area contributed by atoms with Gasteiger partial charge in [0.1, 0.15) is 15.6 Å². The molecule has 3 aromatic rings. The van der Waals surface area contributed by atoms with Gasteiger partial charge in [-0.15, -0.1) is 24.5 Å². The molecule has 11 heteroatoms. The largest absolute Gasteiger partial charge is 0.573 e. The number of nitrogens with one attached hydrogen (secondary N) is 1. The average Bonchev–Trinajstić information content (AvgIpc) is 3.17. The topological polar surface area (TPSA) is 89.9 Å². The Hall–Kier alpha value is -3.31. The number of nitrogens with zero attached hydrogens (tertiary/aromatic N) is 1. The third kappa shape index (κ3) is 6.14. The number of aryl methyl sites for hydroxylation is 1. The molecule has 0 saturated carbocycles. The van der Waals surface area contributed by atoms with E-state index in [4.69, 9.17) is 9.47 Å². The fraction of sp³-hybridized carbons (Fsp3) is 0.273. The fourth-order valence-electron chi connectivity index (χ4n) is 2.98. The van der Waals surface area contributed by atoms with E-state index in [1.807, 2.05) is 0 Å². The summed E-state index contributed by atoms with van der Waals surface area (Å²) >= 11 is 1.18. The molecule has 33 heavy (non-hydrogen) atoms. The molecule has 0 saturated heterocycles. The van der Waals surface area contributed by atoms with Crippen LogP contribution in [0.2, 0.25) is 0 Å². The van der Waals surface area contributed by atoms with Crippen molar-refractivity contribution >= 4 is 17.2 Å². The molecule has 0 fully saturated rings. The molecule has 0 bridgehead atoms. The van der Waals surface area contributed by atoms with Gasteiger partial charge in [0.15, 0.2) is 11.5 Å². The van der Waals surface area contributed by atoms with Crippen LogP contribution in [0.3, 0.4) is 0 Å². The molecule has 0 spiro atoms. The smallest absolute Gasteiger partial charge is 0.493 e. The van der Waals surface area contributed by atoms with E-state index in [9.17, 15) is 23.1 Å². The molecule has 1 atom stereocenters. The highest BCUT2D eigenvalue weighted by Gasteiger charge is 2.31. The zero-order valence-corrected chi connectivity index (χ0v) is 18.7. The Bertz CT molecular complexity index is 1120. The second-order valence-corrected chi connectivity index (χ2v) is 7.85. The van der Waals surface area contributed by atoms with Crippen LogP contribution < -0.4 is 19.5 Å². The number of hydrogen-bond donors (Lipinski definition) is 2. The molecule has 0 aliphatic heterocycles. The van der Waals surface area contributed by atoms with Gasteiger partial charge in [-0.05, 0) is 42.8 Å². The Morgan fingerprint density at radius 3 is 2.39 bits per heavy atom. The van der Waals surface area contributed by atoms with Gasteiger partial charge in [-0.25, -0.2) is 4.98 Å². The summed E-state index contributed by atoms with van der Waals surface area (Å²) in [6.07, 6.45) is -5.91. The van der Waals surface area contributed by atoms with Gasteiger partial charge in [0.25, 0.3) is 5.91 Å². The first kappa shape index (κ1) is 24.3. The maximum atomic E-state index is 12.6. The molecule has 176 valence electrons. The maximum absolute atomic E-state index is 12.6. The lowest BCUT2D eigenvalue weighted by Crippen LogP contribution is -2.28. The van der Waals surface area contributed by atoms with Gasteiger partial charge in [0, 0.05) is 12.1 Å². The van der Waals surface area contributed by atoms with E-state index in [0.29, 0.717) is 32.6 Å². The average molecular weight is 482 g/mol. The quantitative estimate of drug-likeness (QED) is 0.492. The number of carbonyl (C=O) groups is 1. The van der Waals surface area contributed by atoms with Crippen LogP contribution in [-0.2, 0) is 0 Å². The highest BCUT2D eigenvalue weighted by Crippen LogP contribution is 2.35. The Kier molecular flexibility index (Phi) is 7.44. The third-order valence-electron chi connectivity index (χ3n) is 4.59. The van der Waals surface area contributed by atoms with E-state index in [2.05, 4.69) is 15.0 Å². The number of halogens is 3. The molecule has 1 amide bonds. The predicted molar refractivity (Wildman–Crippen MR) is 116 cm³/mol. The summed E-state index contributed by atoms with van der Waals surface area (Å²) in [5.74, 6) is 0.279. The van der Waals surface area contributed by atoms with Crippen molar-refractivity contribution in [1.29, 1.82) is 0 Å². The van der Waals surface area contributed by atoms with Crippen molar-refractivity contribution in [3.8, 4) is 27.8 Å². The standard InChI is InChI=1S/C22H21F3N2O5S/c1-12-19(33-21(27-12)14-6-9-17(30-2)18(10-14)31-3)20(29)26-11-16(28)13-4-7-15(8-5-13)32-22(23,24)25/h4-10,16,28H,11H2,1-3H3,(H,26,29). The molecule has 0 aliphatic carbocycles. The van der Waals surface area contributed by atoms with Gasteiger partial charge in [0.2, 0.25) is 0 Å². The normalized spacial score (nSPS) is 12.2. The van der Waals surface area contributed by atoms with Crippen molar-refractivity contribution < 1.29 is 37.3 Å². The van der Waals surface area contributed by atoms with Crippen molar-refractivity contribution in [2.24, 2.45) is 0 Å². The van der Waals surface area contributed by atoms with E-state index < -0.39 is 24.1 Å². The lowest BCUT2D eigenvalue weighted by molar-refractivity contribution is -0.274. The first-order chi connectivity index (χ1) is 15.6. The van der Waals surface area contributed by atoms with Crippen LogP contribution in [0.25, 0.3) is 10.6 Å². The summed E-state index contributed by atoms with van der Waals surface area (Å²) < 4.78 is 51.1. The highest BCUT2D eigenvalue weighted by molar-refractivity contribution is 7.17. The Morgan fingerprint density at radius 2 is 1.79 bits per heavy atom. The molecular formula is C22H21F3N2O5S. The molecule has 7 nitrogen and oxygen atoms in total. The van der Waals surface area contributed by atoms with E-state index >= 15 is 0 Å². The number of aliphatic hydroxyl groups excluding tert-OH is 1. The minimum Gasteiger partial charge on any atom is -0.493 e. The zero-order valence-electron chi connectivity index (χ0n) is 17.9. The molecular weight excluding hydrogens is 461 g/mol. The van der Waals surface area contributed by atoms with Crippen molar-refractivity contribution in [3.63, 3.8) is 0 Å². The highest BCUT2D eigenvalue weighted by atomic mass is 32.1. The summed E-state index contributed by atoms with van der Waals surface area (Å²) in [5, 5.41) is 13.5. The van der Waals surface area contributed by atoms with Crippen molar-refractivity contribution in [3.05, 3.63) is 58.6 Å². The maximum Gasteiger partial charge on any atom is 0.573 e. The van der Waals surface area contributed by atoms with Crippen LogP contribution in [0.5, 0.6) is 17.2 Å². The van der Waals surface area contributed by atoms with Crippen LogP contribution in [-0.4, -0.2) is 43.1 Å². The van der Waals surface area contributed by atoms with Crippen molar-refractivity contribution in [2.75, 3.05) is 20.8 Å². The van der Waals surface area contributed by atoms with Gasteiger partial charge in [-0.3, -0.25) is 4.79 Å². The van der Waals surface area contributed by atoms with Crippen LogP contribution >= 0.6 is 11.3 Å². The number of aromatic nitrogens is 1. The third-order valence-corrected chi connectivity index (χ3v) is 5.79. The van der Waals surface area contributed by atoms with E-state index in [1.54, 1.807) is 25.1 Å². The van der Waals surface area contributed by atoms with Crippen LogP contribution in [0, 0.1) is 6.92 Å².